The van der Waals surface area contributed by atoms with Gasteiger partial charge in [0.15, 0.2) is 0 Å². The Morgan fingerprint density at radius 3 is 2.62 bits per heavy atom. The largest absolute Gasteiger partial charge is 0.261 e. The lowest BCUT2D eigenvalue weighted by atomic mass is 10.1. The minimum atomic E-state index is 0.521. The van der Waals surface area contributed by atoms with Crippen LogP contribution in [0.25, 0.3) is 12.2 Å². The quantitative estimate of drug-likeness (QED) is 0.584. The van der Waals surface area contributed by atoms with Crippen LogP contribution in [0.4, 0.5) is 0 Å². The number of nitrogens with zero attached hydrogens (tertiary/aromatic N) is 1. The highest BCUT2D eigenvalue weighted by atomic mass is 14.7. The molecule has 0 N–H and O–H groups in total. The second kappa shape index (κ2) is 3.17. The van der Waals surface area contributed by atoms with Crippen LogP contribution in [0.1, 0.15) is 23.7 Å². The molecule has 1 aliphatic carbocycles. The van der Waals surface area contributed by atoms with Gasteiger partial charge in [-0.3, -0.25) is 4.98 Å². The number of pyridine rings is 1. The maximum absolute atomic E-state index is 4.27. The van der Waals surface area contributed by atoms with Gasteiger partial charge in [-0.05, 0) is 30.0 Å². The summed E-state index contributed by atoms with van der Waals surface area (Å²) in [6.45, 7) is 4.20. The molecule has 0 spiro atoms. The van der Waals surface area contributed by atoms with E-state index in [9.17, 15) is 0 Å². The third-order valence-electron chi connectivity index (χ3n) is 2.26. The van der Waals surface area contributed by atoms with Crippen LogP contribution in [0.15, 0.2) is 24.4 Å². The molecule has 2 rings (SSSR count). The molecule has 1 unspecified atom stereocenters. The molecule has 0 amide bonds. The zero-order valence-electron chi connectivity index (χ0n) is 7.99. The zero-order valence-corrected chi connectivity index (χ0v) is 7.99. The number of aryl methyl sites for hydroxylation is 1. The fraction of sp³-hybridized carbons (Fsp3) is 0.250. The van der Waals surface area contributed by atoms with E-state index in [1.807, 2.05) is 13.1 Å². The van der Waals surface area contributed by atoms with Gasteiger partial charge >= 0.3 is 0 Å². The fourth-order valence-corrected chi connectivity index (χ4v) is 1.45. The van der Waals surface area contributed by atoms with E-state index >= 15 is 0 Å². The van der Waals surface area contributed by atoms with E-state index in [0.717, 1.165) is 5.69 Å². The minimum absolute atomic E-state index is 0.521. The van der Waals surface area contributed by atoms with Gasteiger partial charge < -0.3 is 0 Å². The van der Waals surface area contributed by atoms with Gasteiger partial charge in [0.25, 0.3) is 0 Å². The molecule has 1 aromatic rings. The summed E-state index contributed by atoms with van der Waals surface area (Å²) in [4.78, 5) is 4.27. The molecule has 0 saturated carbocycles. The van der Waals surface area contributed by atoms with Gasteiger partial charge in [-0.15, -0.1) is 0 Å². The maximum Gasteiger partial charge on any atom is 0.0379 e. The third-order valence-corrected chi connectivity index (χ3v) is 2.26. The average molecular weight is 171 g/mol. The molecule has 0 aromatic carbocycles. The van der Waals surface area contributed by atoms with Crippen molar-refractivity contribution in [1.82, 2.24) is 4.98 Å². The lowest BCUT2D eigenvalue weighted by molar-refractivity contribution is 0.954. The van der Waals surface area contributed by atoms with E-state index in [1.54, 1.807) is 0 Å². The molecule has 0 bridgehead atoms. The first-order valence-corrected chi connectivity index (χ1v) is 4.59. The van der Waals surface area contributed by atoms with E-state index in [2.05, 4.69) is 42.3 Å². The predicted molar refractivity (Wildman–Crippen MR) is 56.2 cm³/mol. The highest BCUT2D eigenvalue weighted by molar-refractivity contribution is 5.67. The lowest BCUT2D eigenvalue weighted by Crippen LogP contribution is -1.85. The SMILES string of the molecule is Cc1cc2c(cn1)C=CC(C)C=C2. The smallest absolute Gasteiger partial charge is 0.0379 e. The van der Waals surface area contributed by atoms with Crippen LogP contribution in [0.2, 0.25) is 0 Å². The van der Waals surface area contributed by atoms with Crippen LogP contribution < -0.4 is 0 Å². The monoisotopic (exact) mass is 171 g/mol. The standard InChI is InChI=1S/C12H13N/c1-9-3-5-11-7-10(2)13-8-12(11)6-4-9/h3-9H,1-2H3. The topological polar surface area (TPSA) is 12.9 Å². The Hall–Kier alpha value is -1.37. The van der Waals surface area contributed by atoms with E-state index in [0.29, 0.717) is 5.92 Å². The molecule has 0 radical (unpaired) electrons. The van der Waals surface area contributed by atoms with Gasteiger partial charge in [0.05, 0.1) is 0 Å². The summed E-state index contributed by atoms with van der Waals surface area (Å²) in [6.07, 6.45) is 10.7. The summed E-state index contributed by atoms with van der Waals surface area (Å²) < 4.78 is 0. The van der Waals surface area contributed by atoms with Crippen molar-refractivity contribution in [3.63, 3.8) is 0 Å². The molecular formula is C12H13N. The Morgan fingerprint density at radius 2 is 1.85 bits per heavy atom. The molecule has 0 aliphatic heterocycles. The van der Waals surface area contributed by atoms with Gasteiger partial charge in [0.1, 0.15) is 0 Å². The van der Waals surface area contributed by atoms with Crippen LogP contribution in [0.5, 0.6) is 0 Å². The first-order chi connectivity index (χ1) is 6.25. The number of hydrogen-bond acceptors (Lipinski definition) is 1. The van der Waals surface area contributed by atoms with Crippen molar-refractivity contribution in [1.29, 1.82) is 0 Å². The molecule has 66 valence electrons. The van der Waals surface area contributed by atoms with Crippen LogP contribution in [0, 0.1) is 12.8 Å². The van der Waals surface area contributed by atoms with Crippen molar-refractivity contribution in [2.45, 2.75) is 13.8 Å². The number of rotatable bonds is 0. The van der Waals surface area contributed by atoms with Crippen molar-refractivity contribution in [2.24, 2.45) is 5.92 Å². The van der Waals surface area contributed by atoms with Crippen molar-refractivity contribution >= 4 is 12.2 Å². The Morgan fingerprint density at radius 1 is 1.15 bits per heavy atom. The van der Waals surface area contributed by atoms with E-state index in [1.165, 1.54) is 11.1 Å². The number of allylic oxidation sites excluding steroid dienone is 2. The molecule has 0 fully saturated rings. The van der Waals surface area contributed by atoms with Gasteiger partial charge in [0.2, 0.25) is 0 Å². The Kier molecular flexibility index (Phi) is 2.01. The summed E-state index contributed by atoms with van der Waals surface area (Å²) in [6, 6.07) is 2.12. The molecule has 1 aromatic heterocycles. The Labute approximate surface area is 78.8 Å². The van der Waals surface area contributed by atoms with Crippen LogP contribution in [-0.4, -0.2) is 4.98 Å². The normalized spacial score (nSPS) is 19.7. The van der Waals surface area contributed by atoms with Gasteiger partial charge in [0, 0.05) is 11.9 Å². The molecule has 1 atom stereocenters. The van der Waals surface area contributed by atoms with E-state index in [-0.39, 0.29) is 0 Å². The fourth-order valence-electron chi connectivity index (χ4n) is 1.45. The average Bonchev–Trinajstić information content (AvgIpc) is 2.29. The molecule has 1 heteroatoms. The van der Waals surface area contributed by atoms with Crippen molar-refractivity contribution < 1.29 is 0 Å². The highest BCUT2D eigenvalue weighted by Gasteiger charge is 2.02. The van der Waals surface area contributed by atoms with E-state index in [4.69, 9.17) is 0 Å². The maximum atomic E-state index is 4.27. The Balaban J connectivity index is 2.53. The number of fused-ring (bicyclic) bond motifs is 1. The van der Waals surface area contributed by atoms with E-state index < -0.39 is 0 Å². The highest BCUT2D eigenvalue weighted by Crippen LogP contribution is 2.19. The molecular weight excluding hydrogens is 158 g/mol. The summed E-state index contributed by atoms with van der Waals surface area (Å²) in [7, 11) is 0. The van der Waals surface area contributed by atoms with Gasteiger partial charge in [-0.1, -0.05) is 31.2 Å². The van der Waals surface area contributed by atoms with Crippen LogP contribution in [-0.2, 0) is 0 Å². The molecule has 1 nitrogen and oxygen atoms in total. The third kappa shape index (κ3) is 1.69. The number of aromatic nitrogens is 1. The molecule has 1 aliphatic rings. The zero-order chi connectivity index (χ0) is 9.26. The molecule has 1 heterocycles. The molecule has 13 heavy (non-hydrogen) atoms. The van der Waals surface area contributed by atoms with Crippen molar-refractivity contribution in [2.75, 3.05) is 0 Å². The summed E-state index contributed by atoms with van der Waals surface area (Å²) in [5, 5.41) is 0. The molecule has 0 saturated heterocycles. The van der Waals surface area contributed by atoms with Crippen molar-refractivity contribution in [3.8, 4) is 0 Å². The van der Waals surface area contributed by atoms with Gasteiger partial charge in [-0.25, -0.2) is 0 Å². The lowest BCUT2D eigenvalue weighted by Gasteiger charge is -1.99. The second-order valence-electron chi connectivity index (χ2n) is 3.53. The summed E-state index contributed by atoms with van der Waals surface area (Å²) >= 11 is 0. The number of hydrogen-bond donors (Lipinski definition) is 0. The Bertz CT molecular complexity index is 375. The first-order valence-electron chi connectivity index (χ1n) is 4.59. The van der Waals surface area contributed by atoms with Crippen LogP contribution in [0.3, 0.4) is 0 Å². The second-order valence-corrected chi connectivity index (χ2v) is 3.53. The summed E-state index contributed by atoms with van der Waals surface area (Å²) in [5.41, 5.74) is 3.56. The summed E-state index contributed by atoms with van der Waals surface area (Å²) in [5.74, 6) is 0.521. The van der Waals surface area contributed by atoms with Crippen molar-refractivity contribution in [3.05, 3.63) is 41.2 Å². The first kappa shape index (κ1) is 8.24. The predicted octanol–water partition coefficient (Wildman–Crippen LogP) is 3.07. The van der Waals surface area contributed by atoms with Gasteiger partial charge in [-0.2, -0.15) is 0 Å². The minimum Gasteiger partial charge on any atom is -0.261 e. The van der Waals surface area contributed by atoms with Crippen LogP contribution >= 0.6 is 0 Å².